The lowest BCUT2D eigenvalue weighted by Gasteiger charge is -2.36. The number of hydrogen-bond acceptors (Lipinski definition) is 5. The van der Waals surface area contributed by atoms with Gasteiger partial charge in [0, 0.05) is 31.4 Å². The lowest BCUT2D eigenvalue weighted by molar-refractivity contribution is 0.142. The van der Waals surface area contributed by atoms with Gasteiger partial charge in [0.15, 0.2) is 5.65 Å². The minimum atomic E-state index is -0.434. The number of aliphatic hydroxyl groups excluding tert-OH is 1. The van der Waals surface area contributed by atoms with Gasteiger partial charge in [-0.05, 0) is 37.1 Å². The molecule has 0 spiro atoms. The second-order valence-corrected chi connectivity index (χ2v) is 7.16. The molecule has 5 rings (SSSR count). The molecule has 1 aromatic carbocycles. The Balaban J connectivity index is 1.52. The average molecular weight is 371 g/mol. The van der Waals surface area contributed by atoms with Crippen LogP contribution in [0.4, 0.5) is 20.3 Å². The Labute approximate surface area is 154 Å². The van der Waals surface area contributed by atoms with Crippen LogP contribution in [0.5, 0.6) is 0 Å². The van der Waals surface area contributed by atoms with Gasteiger partial charge in [0.2, 0.25) is 0 Å². The number of rotatable bonds is 3. The van der Waals surface area contributed by atoms with E-state index in [4.69, 9.17) is 4.98 Å². The number of anilines is 2. The van der Waals surface area contributed by atoms with E-state index in [0.717, 1.165) is 37.0 Å². The minimum Gasteiger partial charge on any atom is -0.389 e. The first kappa shape index (κ1) is 16.4. The van der Waals surface area contributed by atoms with Gasteiger partial charge < -0.3 is 14.9 Å². The lowest BCUT2D eigenvalue weighted by Crippen LogP contribution is -2.50. The molecule has 2 fully saturated rings. The summed E-state index contributed by atoms with van der Waals surface area (Å²) in [5.74, 6) is -0.110. The van der Waals surface area contributed by atoms with Crippen molar-refractivity contribution in [2.75, 3.05) is 29.4 Å². The maximum Gasteiger partial charge on any atom is 0.180 e. The predicted octanol–water partition coefficient (Wildman–Crippen LogP) is 2.53. The van der Waals surface area contributed by atoms with Gasteiger partial charge in [-0.25, -0.2) is 18.3 Å². The van der Waals surface area contributed by atoms with Crippen LogP contribution in [0.2, 0.25) is 0 Å². The molecule has 0 amide bonds. The van der Waals surface area contributed by atoms with Gasteiger partial charge in [-0.3, -0.25) is 0 Å². The molecule has 2 aliphatic rings. The second-order valence-electron chi connectivity index (χ2n) is 7.16. The van der Waals surface area contributed by atoms with Gasteiger partial charge in [-0.1, -0.05) is 0 Å². The molecule has 1 atom stereocenters. The third-order valence-corrected chi connectivity index (χ3v) is 5.40. The molecule has 0 aliphatic carbocycles. The second kappa shape index (κ2) is 6.16. The Kier molecular flexibility index (Phi) is 3.75. The molecule has 1 N–H and O–H groups in total. The fourth-order valence-corrected chi connectivity index (χ4v) is 4.02. The van der Waals surface area contributed by atoms with Gasteiger partial charge in [-0.2, -0.15) is 5.10 Å². The van der Waals surface area contributed by atoms with E-state index in [1.165, 1.54) is 12.1 Å². The Morgan fingerprint density at radius 2 is 2.00 bits per heavy atom. The van der Waals surface area contributed by atoms with E-state index in [1.54, 1.807) is 10.7 Å². The van der Waals surface area contributed by atoms with Crippen molar-refractivity contribution in [3.8, 4) is 0 Å². The summed E-state index contributed by atoms with van der Waals surface area (Å²) in [5, 5.41) is 13.9. The van der Waals surface area contributed by atoms with E-state index in [0.29, 0.717) is 24.3 Å². The van der Waals surface area contributed by atoms with Crippen LogP contribution in [-0.4, -0.2) is 45.4 Å². The molecule has 2 saturated heterocycles. The molecular weight excluding hydrogens is 352 g/mol. The summed E-state index contributed by atoms with van der Waals surface area (Å²) in [4.78, 5) is 8.81. The van der Waals surface area contributed by atoms with Crippen LogP contribution < -0.4 is 9.80 Å². The lowest BCUT2D eigenvalue weighted by atomic mass is 10.0. The third-order valence-electron chi connectivity index (χ3n) is 5.40. The van der Waals surface area contributed by atoms with Gasteiger partial charge in [0.05, 0.1) is 18.3 Å². The quantitative estimate of drug-likeness (QED) is 0.767. The normalized spacial score (nSPS) is 20.5. The van der Waals surface area contributed by atoms with Crippen LogP contribution in [0.1, 0.15) is 24.4 Å². The third kappa shape index (κ3) is 2.71. The summed E-state index contributed by atoms with van der Waals surface area (Å²) in [6.07, 6.45) is 4.89. The van der Waals surface area contributed by atoms with E-state index in [9.17, 15) is 13.9 Å². The minimum absolute atomic E-state index is 0.243. The van der Waals surface area contributed by atoms with Crippen LogP contribution in [0.3, 0.4) is 0 Å². The first-order chi connectivity index (χ1) is 13.1. The number of nitrogens with zero attached hydrogens (tertiary/aromatic N) is 5. The van der Waals surface area contributed by atoms with Crippen molar-refractivity contribution in [3.05, 3.63) is 53.9 Å². The van der Waals surface area contributed by atoms with Crippen molar-refractivity contribution >= 4 is 17.2 Å². The molecule has 0 radical (unpaired) electrons. The number of aliphatic hydroxyl groups is 1. The van der Waals surface area contributed by atoms with Crippen LogP contribution in [0.25, 0.3) is 5.65 Å². The van der Waals surface area contributed by atoms with Gasteiger partial charge in [0.1, 0.15) is 23.1 Å². The first-order valence-corrected chi connectivity index (χ1v) is 9.09. The molecule has 4 heterocycles. The molecule has 140 valence electrons. The molecule has 6 nitrogen and oxygen atoms in total. The molecule has 1 unspecified atom stereocenters. The predicted molar refractivity (Wildman–Crippen MR) is 96.9 cm³/mol. The largest absolute Gasteiger partial charge is 0.389 e. The highest BCUT2D eigenvalue weighted by Gasteiger charge is 2.31. The number of halogens is 2. The standard InChI is InChI=1S/C19H19F2N5O/c20-12-3-4-15(21)14(8-12)16-2-1-6-25(16)18-5-7-26-19(23-18)17(9-22-26)24-10-13(27)11-24/h3-5,7-9,13,16,27H,1-2,6,10-11H2. The molecule has 3 aromatic rings. The van der Waals surface area contributed by atoms with E-state index in [1.807, 2.05) is 22.1 Å². The number of aromatic nitrogens is 3. The van der Waals surface area contributed by atoms with Gasteiger partial charge in [0.25, 0.3) is 0 Å². The monoisotopic (exact) mass is 371 g/mol. The summed E-state index contributed by atoms with van der Waals surface area (Å²) in [6, 6.07) is 5.21. The van der Waals surface area contributed by atoms with E-state index >= 15 is 0 Å². The van der Waals surface area contributed by atoms with Crippen LogP contribution in [-0.2, 0) is 0 Å². The average Bonchev–Trinajstić information content (AvgIpc) is 3.27. The molecule has 2 aliphatic heterocycles. The Hall–Kier alpha value is -2.74. The molecule has 8 heteroatoms. The summed E-state index contributed by atoms with van der Waals surface area (Å²) in [6.45, 7) is 1.86. The Bertz CT molecular complexity index is 1000. The zero-order chi connectivity index (χ0) is 18.5. The van der Waals surface area contributed by atoms with E-state index in [2.05, 4.69) is 5.10 Å². The van der Waals surface area contributed by atoms with Crippen molar-refractivity contribution in [2.24, 2.45) is 0 Å². The van der Waals surface area contributed by atoms with Gasteiger partial charge >= 0.3 is 0 Å². The summed E-state index contributed by atoms with van der Waals surface area (Å²) in [7, 11) is 0. The Morgan fingerprint density at radius 1 is 1.15 bits per heavy atom. The molecule has 0 bridgehead atoms. The Morgan fingerprint density at radius 3 is 2.81 bits per heavy atom. The maximum absolute atomic E-state index is 14.3. The SMILES string of the molecule is OC1CN(c2cnn3ccc(N4CCCC4c4cc(F)ccc4F)nc23)C1. The number of β-amino-alcohol motifs (C(OH)–C–C–N with tert-alkyl or cyclic N) is 1. The molecule has 2 aromatic heterocycles. The summed E-state index contributed by atoms with van der Waals surface area (Å²) >= 11 is 0. The van der Waals surface area contributed by atoms with Crippen molar-refractivity contribution in [1.82, 2.24) is 14.6 Å². The fraction of sp³-hybridized carbons (Fsp3) is 0.368. The van der Waals surface area contributed by atoms with Crippen molar-refractivity contribution in [1.29, 1.82) is 0 Å². The topological polar surface area (TPSA) is 56.9 Å². The first-order valence-electron chi connectivity index (χ1n) is 9.09. The highest BCUT2D eigenvalue weighted by atomic mass is 19.1. The zero-order valence-electron chi connectivity index (χ0n) is 14.6. The maximum atomic E-state index is 14.3. The number of hydrogen-bond donors (Lipinski definition) is 1. The fourth-order valence-electron chi connectivity index (χ4n) is 4.02. The molecular formula is C19H19F2N5O. The van der Waals surface area contributed by atoms with Crippen molar-refractivity contribution in [3.63, 3.8) is 0 Å². The van der Waals surface area contributed by atoms with E-state index < -0.39 is 11.6 Å². The van der Waals surface area contributed by atoms with Gasteiger partial charge in [-0.15, -0.1) is 0 Å². The van der Waals surface area contributed by atoms with Crippen LogP contribution >= 0.6 is 0 Å². The number of fused-ring (bicyclic) bond motifs is 1. The smallest absolute Gasteiger partial charge is 0.180 e. The number of benzene rings is 1. The van der Waals surface area contributed by atoms with Crippen molar-refractivity contribution < 1.29 is 13.9 Å². The van der Waals surface area contributed by atoms with Crippen LogP contribution in [0.15, 0.2) is 36.7 Å². The zero-order valence-corrected chi connectivity index (χ0v) is 14.6. The highest BCUT2D eigenvalue weighted by molar-refractivity contribution is 5.71. The summed E-state index contributed by atoms with van der Waals surface area (Å²) < 4.78 is 29.7. The molecule has 27 heavy (non-hydrogen) atoms. The van der Waals surface area contributed by atoms with E-state index in [-0.39, 0.29) is 12.1 Å². The highest BCUT2D eigenvalue weighted by Crippen LogP contribution is 2.37. The van der Waals surface area contributed by atoms with Crippen LogP contribution in [0, 0.1) is 11.6 Å². The van der Waals surface area contributed by atoms with Crippen molar-refractivity contribution in [2.45, 2.75) is 25.0 Å². The summed E-state index contributed by atoms with van der Waals surface area (Å²) in [5.41, 5.74) is 1.94. The molecule has 0 saturated carbocycles.